The third-order valence-electron chi connectivity index (χ3n) is 3.71. The summed E-state index contributed by atoms with van der Waals surface area (Å²) in [5.74, 6) is -0.557. The number of nitrogens with zero attached hydrogens (tertiary/aromatic N) is 2. The number of amides is 1. The van der Waals surface area contributed by atoms with Crippen molar-refractivity contribution < 1.29 is 23.0 Å². The fraction of sp³-hybridized carbons (Fsp3) is 0.0556. The minimum atomic E-state index is -0.763. The van der Waals surface area contributed by atoms with Crippen LogP contribution in [0.25, 0.3) is 0 Å². The summed E-state index contributed by atoms with van der Waals surface area (Å²) in [6, 6.07) is 8.11. The molecule has 3 aromatic rings. The number of ether oxygens (including phenoxy) is 2. The molecule has 1 aliphatic heterocycles. The van der Waals surface area contributed by atoms with E-state index in [2.05, 4.69) is 20.6 Å². The van der Waals surface area contributed by atoms with E-state index in [9.17, 15) is 13.6 Å². The van der Waals surface area contributed by atoms with Crippen LogP contribution in [0.2, 0.25) is 0 Å². The maximum Gasteiger partial charge on any atom is 0.275 e. The van der Waals surface area contributed by atoms with Crippen molar-refractivity contribution in [1.29, 1.82) is 0 Å². The monoisotopic (exact) mass is 370 g/mol. The molecule has 9 heteroatoms. The number of fused-ring (bicyclic) bond motifs is 1. The van der Waals surface area contributed by atoms with E-state index in [4.69, 9.17) is 9.47 Å². The van der Waals surface area contributed by atoms with Gasteiger partial charge in [0.05, 0.1) is 18.1 Å². The van der Waals surface area contributed by atoms with Gasteiger partial charge in [0.25, 0.3) is 5.91 Å². The van der Waals surface area contributed by atoms with Crippen LogP contribution in [0.4, 0.5) is 26.0 Å². The number of carbonyl (C=O) groups excluding carboxylic acids is 1. The maximum absolute atomic E-state index is 13.6. The van der Waals surface area contributed by atoms with Gasteiger partial charge >= 0.3 is 0 Å². The summed E-state index contributed by atoms with van der Waals surface area (Å²) in [6.45, 7) is 0.140. The molecule has 0 fully saturated rings. The molecule has 1 aromatic heterocycles. The normalized spacial score (nSPS) is 11.9. The smallest absolute Gasteiger partial charge is 0.275 e. The summed E-state index contributed by atoms with van der Waals surface area (Å²) >= 11 is 0. The molecule has 2 heterocycles. The van der Waals surface area contributed by atoms with Gasteiger partial charge in [-0.15, -0.1) is 0 Å². The second-order valence-corrected chi connectivity index (χ2v) is 5.56. The molecule has 136 valence electrons. The molecule has 2 N–H and O–H groups in total. The molecular weight excluding hydrogens is 358 g/mol. The molecule has 0 radical (unpaired) electrons. The van der Waals surface area contributed by atoms with Crippen molar-refractivity contribution in [3.63, 3.8) is 0 Å². The third-order valence-corrected chi connectivity index (χ3v) is 3.71. The molecule has 0 unspecified atom stereocenters. The van der Waals surface area contributed by atoms with Crippen LogP contribution in [0.15, 0.2) is 48.8 Å². The minimum absolute atomic E-state index is 0.0447. The predicted molar refractivity (Wildman–Crippen MR) is 92.2 cm³/mol. The number of hydrogen-bond donors (Lipinski definition) is 2. The Morgan fingerprint density at radius 3 is 2.63 bits per heavy atom. The van der Waals surface area contributed by atoms with Gasteiger partial charge in [0.2, 0.25) is 6.79 Å². The van der Waals surface area contributed by atoms with Crippen molar-refractivity contribution in [2.24, 2.45) is 0 Å². The Kier molecular flexibility index (Phi) is 4.25. The summed E-state index contributed by atoms with van der Waals surface area (Å²) in [6.07, 6.45) is 2.52. The zero-order valence-electron chi connectivity index (χ0n) is 13.7. The van der Waals surface area contributed by atoms with Crippen molar-refractivity contribution in [3.05, 3.63) is 66.1 Å². The van der Waals surface area contributed by atoms with Crippen LogP contribution in [0.1, 0.15) is 10.5 Å². The number of benzene rings is 2. The Balaban J connectivity index is 1.44. The predicted octanol–water partition coefficient (Wildman–Crippen LogP) is 3.48. The highest BCUT2D eigenvalue weighted by Crippen LogP contribution is 2.34. The highest BCUT2D eigenvalue weighted by atomic mass is 19.1. The van der Waals surface area contributed by atoms with Crippen LogP contribution in [0.3, 0.4) is 0 Å². The zero-order valence-corrected chi connectivity index (χ0v) is 13.7. The van der Waals surface area contributed by atoms with E-state index in [1.165, 1.54) is 18.5 Å². The molecular formula is C18H12F2N4O3. The molecule has 0 spiro atoms. The molecule has 0 atom stereocenters. The number of nitrogens with one attached hydrogen (secondary N) is 2. The summed E-state index contributed by atoms with van der Waals surface area (Å²) in [5.41, 5.74) is 0.627. The number of rotatable bonds is 4. The Bertz CT molecular complexity index is 1010. The van der Waals surface area contributed by atoms with Crippen LogP contribution >= 0.6 is 0 Å². The maximum atomic E-state index is 13.6. The first kappa shape index (κ1) is 16.7. The Morgan fingerprint density at radius 1 is 1.00 bits per heavy atom. The van der Waals surface area contributed by atoms with Gasteiger partial charge in [0.1, 0.15) is 23.1 Å². The summed E-state index contributed by atoms with van der Waals surface area (Å²) in [5, 5.41) is 5.34. The molecule has 1 aliphatic rings. The lowest BCUT2D eigenvalue weighted by Crippen LogP contribution is -2.14. The molecule has 2 aromatic carbocycles. The average Bonchev–Trinajstić information content (AvgIpc) is 3.12. The first-order valence-electron chi connectivity index (χ1n) is 7.83. The topological polar surface area (TPSA) is 85.4 Å². The summed E-state index contributed by atoms with van der Waals surface area (Å²) in [4.78, 5) is 20.3. The highest BCUT2D eigenvalue weighted by Gasteiger charge is 2.15. The van der Waals surface area contributed by atoms with Gasteiger partial charge in [0, 0.05) is 17.8 Å². The molecule has 0 aliphatic carbocycles. The SMILES string of the molecule is O=C(Nc1ccc2c(c1)OCO2)c1cnc(Nc2ccc(F)cc2F)cn1. The molecule has 4 rings (SSSR count). The van der Waals surface area contributed by atoms with E-state index in [-0.39, 0.29) is 24.0 Å². The summed E-state index contributed by atoms with van der Waals surface area (Å²) in [7, 11) is 0. The van der Waals surface area contributed by atoms with E-state index in [1.54, 1.807) is 18.2 Å². The largest absolute Gasteiger partial charge is 0.454 e. The van der Waals surface area contributed by atoms with E-state index < -0.39 is 17.5 Å². The van der Waals surface area contributed by atoms with Gasteiger partial charge in [-0.2, -0.15) is 0 Å². The molecule has 7 nitrogen and oxygen atoms in total. The van der Waals surface area contributed by atoms with Crippen LogP contribution in [-0.2, 0) is 0 Å². The van der Waals surface area contributed by atoms with E-state index in [0.717, 1.165) is 12.1 Å². The third kappa shape index (κ3) is 3.61. The lowest BCUT2D eigenvalue weighted by atomic mass is 10.2. The average molecular weight is 370 g/mol. The van der Waals surface area contributed by atoms with Crippen LogP contribution in [-0.4, -0.2) is 22.7 Å². The first-order valence-corrected chi connectivity index (χ1v) is 7.83. The standard InChI is InChI=1S/C18H12F2N4O3/c19-10-1-3-13(12(20)5-10)24-17-8-21-14(7-22-17)18(25)23-11-2-4-15-16(6-11)27-9-26-15/h1-8H,9H2,(H,22,24)(H,23,25). The quantitative estimate of drug-likeness (QED) is 0.731. The molecule has 1 amide bonds. The molecule has 0 saturated carbocycles. The zero-order chi connectivity index (χ0) is 18.8. The number of halogens is 2. The van der Waals surface area contributed by atoms with Gasteiger partial charge in [0.15, 0.2) is 11.5 Å². The molecule has 0 saturated heterocycles. The van der Waals surface area contributed by atoms with Crippen LogP contribution < -0.4 is 20.1 Å². The van der Waals surface area contributed by atoms with Gasteiger partial charge in [-0.3, -0.25) is 4.79 Å². The summed E-state index contributed by atoms with van der Waals surface area (Å²) < 4.78 is 37.0. The van der Waals surface area contributed by atoms with Gasteiger partial charge in [-0.05, 0) is 24.3 Å². The van der Waals surface area contributed by atoms with E-state index in [0.29, 0.717) is 17.2 Å². The fourth-order valence-electron chi connectivity index (χ4n) is 2.41. The van der Waals surface area contributed by atoms with E-state index in [1.807, 2.05) is 0 Å². The number of aromatic nitrogens is 2. The van der Waals surface area contributed by atoms with Crippen molar-refractivity contribution in [2.75, 3.05) is 17.4 Å². The van der Waals surface area contributed by atoms with Crippen LogP contribution in [0.5, 0.6) is 11.5 Å². The van der Waals surface area contributed by atoms with Crippen molar-refractivity contribution in [2.45, 2.75) is 0 Å². The lowest BCUT2D eigenvalue weighted by molar-refractivity contribution is 0.102. The van der Waals surface area contributed by atoms with Crippen molar-refractivity contribution in [3.8, 4) is 11.5 Å². The lowest BCUT2D eigenvalue weighted by Gasteiger charge is -2.08. The number of hydrogen-bond acceptors (Lipinski definition) is 6. The molecule has 27 heavy (non-hydrogen) atoms. The van der Waals surface area contributed by atoms with Crippen LogP contribution in [0, 0.1) is 11.6 Å². The Labute approximate surface area is 152 Å². The second-order valence-electron chi connectivity index (χ2n) is 5.56. The van der Waals surface area contributed by atoms with Crippen molar-refractivity contribution in [1.82, 2.24) is 9.97 Å². The fourth-order valence-corrected chi connectivity index (χ4v) is 2.41. The Morgan fingerprint density at radius 2 is 1.85 bits per heavy atom. The molecule has 0 bridgehead atoms. The van der Waals surface area contributed by atoms with Gasteiger partial charge < -0.3 is 20.1 Å². The highest BCUT2D eigenvalue weighted by molar-refractivity contribution is 6.02. The Hall–Kier alpha value is -3.75. The van der Waals surface area contributed by atoms with Gasteiger partial charge in [-0.1, -0.05) is 0 Å². The minimum Gasteiger partial charge on any atom is -0.454 e. The number of anilines is 3. The van der Waals surface area contributed by atoms with E-state index >= 15 is 0 Å². The van der Waals surface area contributed by atoms with Gasteiger partial charge in [-0.25, -0.2) is 18.7 Å². The van der Waals surface area contributed by atoms with Crippen molar-refractivity contribution >= 4 is 23.1 Å². The second kappa shape index (κ2) is 6.87. The first-order chi connectivity index (χ1) is 13.1. The number of carbonyl (C=O) groups is 1.